The van der Waals surface area contributed by atoms with E-state index in [1.54, 1.807) is 41.3 Å². The molecule has 5 aromatic rings. The fraction of sp³-hybridized carbons (Fsp3) is 0.115. The first-order valence-electron chi connectivity index (χ1n) is 10.5. The van der Waals surface area contributed by atoms with Gasteiger partial charge in [-0.2, -0.15) is 0 Å². The minimum Gasteiger partial charge on any atom is -0.451 e. The zero-order chi connectivity index (χ0) is 22.9. The molecule has 164 valence electrons. The van der Waals surface area contributed by atoms with Gasteiger partial charge >= 0.3 is 0 Å². The third-order valence-corrected chi connectivity index (χ3v) is 5.83. The molecule has 33 heavy (non-hydrogen) atoms. The molecule has 3 aromatic carbocycles. The second-order valence-corrected chi connectivity index (χ2v) is 8.31. The molecule has 0 atom stereocenters. The van der Waals surface area contributed by atoms with Gasteiger partial charge in [0.1, 0.15) is 11.4 Å². The second-order valence-electron chi connectivity index (χ2n) is 7.87. The van der Waals surface area contributed by atoms with Crippen LogP contribution in [0.5, 0.6) is 0 Å². The molecule has 0 aliphatic carbocycles. The molecule has 0 aliphatic rings. The number of furan rings is 1. The zero-order valence-electron chi connectivity index (χ0n) is 17.8. The highest BCUT2D eigenvalue weighted by atomic mass is 35.5. The molecule has 5 rings (SSSR count). The van der Waals surface area contributed by atoms with Crippen LogP contribution in [0.15, 0.2) is 82.0 Å². The molecule has 2 heterocycles. The van der Waals surface area contributed by atoms with Crippen LogP contribution in [0, 0.1) is 6.92 Å². The summed E-state index contributed by atoms with van der Waals surface area (Å²) in [5, 5.41) is 1.87. The Bertz CT molecular complexity index is 1540. The molecule has 0 radical (unpaired) electrons. The van der Waals surface area contributed by atoms with Gasteiger partial charge in [-0.15, -0.1) is 0 Å². The predicted octanol–water partition coefficient (Wildman–Crippen LogP) is 5.47. The van der Waals surface area contributed by atoms with E-state index in [0.717, 1.165) is 16.5 Å². The number of halogens is 1. The van der Waals surface area contributed by atoms with Crippen LogP contribution >= 0.6 is 11.6 Å². The molecule has 0 unspecified atom stereocenters. The molecule has 0 aliphatic heterocycles. The van der Waals surface area contributed by atoms with Gasteiger partial charge in [-0.3, -0.25) is 9.59 Å². The average molecular weight is 458 g/mol. The summed E-state index contributed by atoms with van der Waals surface area (Å²) in [6.45, 7) is 2.28. The number of hydrogen-bond acceptors (Lipinski definition) is 4. The number of rotatable bonds is 5. The van der Waals surface area contributed by atoms with Crippen molar-refractivity contribution in [3.63, 3.8) is 0 Å². The largest absolute Gasteiger partial charge is 0.451 e. The summed E-state index contributed by atoms with van der Waals surface area (Å²) < 4.78 is 5.92. The lowest BCUT2D eigenvalue weighted by Crippen LogP contribution is -2.32. The highest BCUT2D eigenvalue weighted by Crippen LogP contribution is 2.29. The molecule has 2 aromatic heterocycles. The Kier molecular flexibility index (Phi) is 5.44. The summed E-state index contributed by atoms with van der Waals surface area (Å²) in [4.78, 5) is 35.2. The van der Waals surface area contributed by atoms with Crippen molar-refractivity contribution in [2.75, 3.05) is 0 Å². The second kappa shape index (κ2) is 8.56. The van der Waals surface area contributed by atoms with Crippen LogP contribution in [0.3, 0.4) is 0 Å². The molecular formula is C26H20ClN3O3. The van der Waals surface area contributed by atoms with Gasteiger partial charge < -0.3 is 14.3 Å². The van der Waals surface area contributed by atoms with Crippen LogP contribution in [0.1, 0.15) is 27.5 Å². The van der Waals surface area contributed by atoms with Crippen molar-refractivity contribution in [1.29, 1.82) is 0 Å². The first kappa shape index (κ1) is 21.0. The van der Waals surface area contributed by atoms with Crippen molar-refractivity contribution < 1.29 is 9.21 Å². The van der Waals surface area contributed by atoms with Crippen LogP contribution in [0.4, 0.5) is 0 Å². The molecule has 0 bridgehead atoms. The van der Waals surface area contributed by atoms with Crippen LogP contribution in [-0.2, 0) is 13.1 Å². The van der Waals surface area contributed by atoms with E-state index in [4.69, 9.17) is 16.0 Å². The summed E-state index contributed by atoms with van der Waals surface area (Å²) in [7, 11) is 0. The van der Waals surface area contributed by atoms with E-state index in [1.807, 2.05) is 43.3 Å². The lowest BCUT2D eigenvalue weighted by molar-refractivity contribution is 0.0694. The van der Waals surface area contributed by atoms with E-state index in [1.165, 1.54) is 0 Å². The molecule has 6 nitrogen and oxygen atoms in total. The standard InChI is InChI=1S/C26H20ClN3O3/c1-16-20-13-18(27)11-12-22(20)33-24(16)26(32)30(14-17-7-3-2-4-8-17)15-23-28-21-10-6-5-9-19(21)25(31)29-23/h2-13H,14-15H2,1H3,(H,28,29,31). The van der Waals surface area contributed by atoms with E-state index in [2.05, 4.69) is 9.97 Å². The maximum absolute atomic E-state index is 13.7. The minimum absolute atomic E-state index is 0.116. The van der Waals surface area contributed by atoms with Crippen molar-refractivity contribution >= 4 is 39.4 Å². The van der Waals surface area contributed by atoms with Gasteiger partial charge in [-0.1, -0.05) is 54.1 Å². The quantitative estimate of drug-likeness (QED) is 0.379. The SMILES string of the molecule is Cc1c(C(=O)N(Cc2ccccc2)Cc2nc3ccccc3c(=O)[nH]2)oc2ccc(Cl)cc12. The number of aromatic amines is 1. The van der Waals surface area contributed by atoms with Gasteiger partial charge in [0.25, 0.3) is 11.5 Å². The summed E-state index contributed by atoms with van der Waals surface area (Å²) in [6.07, 6.45) is 0. The average Bonchev–Trinajstić information content (AvgIpc) is 3.14. The first-order valence-corrected chi connectivity index (χ1v) is 10.9. The minimum atomic E-state index is -0.292. The fourth-order valence-corrected chi connectivity index (χ4v) is 4.11. The summed E-state index contributed by atoms with van der Waals surface area (Å²) in [5.74, 6) is 0.352. The number of amides is 1. The molecule has 1 amide bonds. The number of nitrogens with zero attached hydrogens (tertiary/aromatic N) is 2. The van der Waals surface area contributed by atoms with Gasteiger partial charge in [0.05, 0.1) is 17.4 Å². The fourth-order valence-electron chi connectivity index (χ4n) is 3.93. The van der Waals surface area contributed by atoms with Gasteiger partial charge in [0.2, 0.25) is 0 Å². The number of carbonyl (C=O) groups excluding carboxylic acids is 1. The van der Waals surface area contributed by atoms with Crippen LogP contribution in [-0.4, -0.2) is 20.8 Å². The predicted molar refractivity (Wildman–Crippen MR) is 128 cm³/mol. The van der Waals surface area contributed by atoms with E-state index < -0.39 is 0 Å². The van der Waals surface area contributed by atoms with E-state index in [0.29, 0.717) is 33.9 Å². The van der Waals surface area contributed by atoms with Crippen molar-refractivity contribution in [3.8, 4) is 0 Å². The molecular weight excluding hydrogens is 438 g/mol. The number of hydrogen-bond donors (Lipinski definition) is 1. The molecule has 0 saturated heterocycles. The Balaban J connectivity index is 1.55. The molecule has 7 heteroatoms. The lowest BCUT2D eigenvalue weighted by atomic mass is 10.1. The van der Waals surface area contributed by atoms with Crippen LogP contribution in [0.25, 0.3) is 21.9 Å². The third kappa shape index (κ3) is 4.13. The number of nitrogens with one attached hydrogen (secondary N) is 1. The summed E-state index contributed by atoms with van der Waals surface area (Å²) in [5.41, 5.74) is 2.61. The normalized spacial score (nSPS) is 11.2. The number of aromatic nitrogens is 2. The smallest absolute Gasteiger partial charge is 0.290 e. The van der Waals surface area contributed by atoms with Crippen molar-refractivity contribution in [2.45, 2.75) is 20.0 Å². The maximum atomic E-state index is 13.7. The Labute approximate surface area is 194 Å². The van der Waals surface area contributed by atoms with Crippen molar-refractivity contribution in [3.05, 3.63) is 111 Å². The number of carbonyl (C=O) groups is 1. The lowest BCUT2D eigenvalue weighted by Gasteiger charge is -2.22. The van der Waals surface area contributed by atoms with E-state index in [9.17, 15) is 9.59 Å². The number of para-hydroxylation sites is 1. The Hall–Kier alpha value is -3.90. The zero-order valence-corrected chi connectivity index (χ0v) is 18.6. The van der Waals surface area contributed by atoms with Crippen molar-refractivity contribution in [2.24, 2.45) is 0 Å². The summed E-state index contributed by atoms with van der Waals surface area (Å²) >= 11 is 6.14. The van der Waals surface area contributed by atoms with E-state index >= 15 is 0 Å². The molecule has 0 fully saturated rings. The number of benzene rings is 3. The van der Waals surface area contributed by atoms with Crippen LogP contribution in [0.2, 0.25) is 5.02 Å². The molecule has 0 spiro atoms. The van der Waals surface area contributed by atoms with Crippen molar-refractivity contribution in [1.82, 2.24) is 14.9 Å². The van der Waals surface area contributed by atoms with Gasteiger partial charge in [-0.05, 0) is 42.8 Å². The summed E-state index contributed by atoms with van der Waals surface area (Å²) in [6, 6.07) is 22.1. The maximum Gasteiger partial charge on any atom is 0.290 e. The molecule has 1 N–H and O–H groups in total. The number of H-pyrrole nitrogens is 1. The number of aryl methyl sites for hydroxylation is 1. The monoisotopic (exact) mass is 457 g/mol. The highest BCUT2D eigenvalue weighted by Gasteiger charge is 2.25. The van der Waals surface area contributed by atoms with Gasteiger partial charge in [-0.25, -0.2) is 4.98 Å². The van der Waals surface area contributed by atoms with Gasteiger partial charge in [0, 0.05) is 22.5 Å². The van der Waals surface area contributed by atoms with E-state index in [-0.39, 0.29) is 23.8 Å². The Morgan fingerprint density at radius 2 is 1.76 bits per heavy atom. The Morgan fingerprint density at radius 1 is 1.00 bits per heavy atom. The first-order chi connectivity index (χ1) is 16.0. The Morgan fingerprint density at radius 3 is 2.58 bits per heavy atom. The highest BCUT2D eigenvalue weighted by molar-refractivity contribution is 6.31. The molecule has 0 saturated carbocycles. The topological polar surface area (TPSA) is 79.2 Å². The van der Waals surface area contributed by atoms with Gasteiger partial charge in [0.15, 0.2) is 5.76 Å². The number of fused-ring (bicyclic) bond motifs is 2. The van der Waals surface area contributed by atoms with Crippen LogP contribution < -0.4 is 5.56 Å². The third-order valence-electron chi connectivity index (χ3n) is 5.60.